The lowest BCUT2D eigenvalue weighted by Gasteiger charge is -2.37. The maximum absolute atomic E-state index is 12.8. The molecule has 0 radical (unpaired) electrons. The highest BCUT2D eigenvalue weighted by Crippen LogP contribution is 2.24. The number of hydrogen-bond donors (Lipinski definition) is 6. The van der Waals surface area contributed by atoms with Crippen LogP contribution < -0.4 is 28.2 Å². The van der Waals surface area contributed by atoms with Crippen LogP contribution in [0, 0.1) is 11.3 Å². The Morgan fingerprint density at radius 1 is 1.12 bits per heavy atom. The summed E-state index contributed by atoms with van der Waals surface area (Å²) in [5, 5.41) is 11.7. The Balaban J connectivity index is 1.22. The molecule has 0 aliphatic carbocycles. The summed E-state index contributed by atoms with van der Waals surface area (Å²) in [7, 11) is 0. The van der Waals surface area contributed by atoms with Gasteiger partial charge < -0.3 is 32.4 Å². The van der Waals surface area contributed by atoms with Crippen molar-refractivity contribution in [3.8, 4) is 16.9 Å². The second-order valence-corrected chi connectivity index (χ2v) is 9.92. The van der Waals surface area contributed by atoms with Crippen LogP contribution in [0.3, 0.4) is 0 Å². The topological polar surface area (TPSA) is 180 Å². The van der Waals surface area contributed by atoms with Crippen LogP contribution in [-0.4, -0.2) is 57.5 Å². The van der Waals surface area contributed by atoms with Gasteiger partial charge >= 0.3 is 5.69 Å². The molecule has 9 N–H and O–H groups in total. The number of hydrogen-bond acceptors (Lipinski definition) is 5. The van der Waals surface area contributed by atoms with Gasteiger partial charge in [-0.25, -0.2) is 4.79 Å². The van der Waals surface area contributed by atoms with Gasteiger partial charge in [-0.05, 0) is 47.9 Å². The standard InChI is InChI=1S/C29H34N10O/c30-27(31)35-13-1-12-34-15-20-6-10-24(11-7-20)39-18-23-14-25(36-26(23)37-29(39)40)22-8-4-19(5-9-22)2-3-21-16-38(17-21)28(32)33/h2-11,14,18,21,34H,1,12-13,15-17H2,(H3,32,33)(H4,30,31,35)(H,36,37,40)/b3-2+. The van der Waals surface area contributed by atoms with Crippen molar-refractivity contribution in [2.75, 3.05) is 26.2 Å². The number of nitrogens with two attached hydrogens (primary N) is 3. The van der Waals surface area contributed by atoms with Crippen LogP contribution >= 0.6 is 0 Å². The first kappa shape index (κ1) is 26.7. The highest BCUT2D eigenvalue weighted by atomic mass is 16.1. The maximum atomic E-state index is 12.8. The number of nitrogens with zero attached hydrogens (tertiary/aromatic N) is 4. The molecule has 0 amide bonds. The molecule has 1 aliphatic heterocycles. The molecule has 1 saturated heterocycles. The van der Waals surface area contributed by atoms with E-state index in [9.17, 15) is 4.79 Å². The van der Waals surface area contributed by atoms with Gasteiger partial charge in [-0.3, -0.25) is 15.0 Å². The number of rotatable bonds is 10. The number of benzene rings is 2. The Bertz CT molecular complexity index is 1590. The lowest BCUT2D eigenvalue weighted by molar-refractivity contribution is 0.227. The SMILES string of the molecule is N=C(N)N1CC(/C=C/c2ccc(-c3cc4cn(-c5ccc(CNCCCN=C(N)N)cc5)c(=O)nc4[nH]3)cc2)C1. The van der Waals surface area contributed by atoms with Crippen LogP contribution in [0.4, 0.5) is 0 Å². The van der Waals surface area contributed by atoms with E-state index < -0.39 is 0 Å². The van der Waals surface area contributed by atoms with Crippen LogP contribution in [0.1, 0.15) is 17.5 Å². The van der Waals surface area contributed by atoms with Gasteiger partial charge in [-0.2, -0.15) is 4.98 Å². The predicted octanol–water partition coefficient (Wildman–Crippen LogP) is 1.97. The van der Waals surface area contributed by atoms with Crippen LogP contribution in [0.2, 0.25) is 0 Å². The summed E-state index contributed by atoms with van der Waals surface area (Å²) in [6.07, 6.45) is 6.93. The van der Waals surface area contributed by atoms with Crippen molar-refractivity contribution in [2.24, 2.45) is 28.1 Å². The van der Waals surface area contributed by atoms with Crippen LogP contribution in [0.15, 0.2) is 76.7 Å². The molecule has 1 aliphatic rings. The second kappa shape index (κ2) is 11.9. The summed E-state index contributed by atoms with van der Waals surface area (Å²) in [5.74, 6) is 0.657. The van der Waals surface area contributed by atoms with E-state index in [2.05, 4.69) is 44.6 Å². The van der Waals surface area contributed by atoms with E-state index in [1.165, 1.54) is 0 Å². The molecule has 4 aromatic rings. The van der Waals surface area contributed by atoms with E-state index in [0.717, 1.165) is 59.5 Å². The first-order valence-electron chi connectivity index (χ1n) is 13.2. The molecular formula is C29H34N10O. The number of aromatic amines is 1. The summed E-state index contributed by atoms with van der Waals surface area (Å²) in [5.41, 5.74) is 21.3. The molecule has 2 aromatic carbocycles. The van der Waals surface area contributed by atoms with Crippen LogP contribution in [0.5, 0.6) is 0 Å². The van der Waals surface area contributed by atoms with Crippen molar-refractivity contribution < 1.29 is 0 Å². The highest BCUT2D eigenvalue weighted by molar-refractivity contribution is 5.82. The molecule has 1 fully saturated rings. The molecule has 11 nitrogen and oxygen atoms in total. The van der Waals surface area contributed by atoms with Gasteiger partial charge in [0.25, 0.3) is 0 Å². The van der Waals surface area contributed by atoms with Crippen molar-refractivity contribution in [1.29, 1.82) is 5.41 Å². The first-order chi connectivity index (χ1) is 19.4. The third-order valence-electron chi connectivity index (χ3n) is 6.89. The summed E-state index contributed by atoms with van der Waals surface area (Å²) < 4.78 is 1.56. The van der Waals surface area contributed by atoms with Gasteiger partial charge in [0.15, 0.2) is 11.9 Å². The molecule has 2 aromatic heterocycles. The van der Waals surface area contributed by atoms with Gasteiger partial charge in [0.1, 0.15) is 5.65 Å². The summed E-state index contributed by atoms with van der Waals surface area (Å²) in [6.45, 7) is 3.69. The minimum absolute atomic E-state index is 0.112. The lowest BCUT2D eigenvalue weighted by atomic mass is 9.99. The van der Waals surface area contributed by atoms with E-state index in [-0.39, 0.29) is 17.6 Å². The van der Waals surface area contributed by atoms with E-state index in [1.807, 2.05) is 53.6 Å². The first-order valence-corrected chi connectivity index (χ1v) is 13.2. The minimum Gasteiger partial charge on any atom is -0.370 e. The summed E-state index contributed by atoms with van der Waals surface area (Å²) in [4.78, 5) is 26.2. The molecule has 3 heterocycles. The van der Waals surface area contributed by atoms with Crippen molar-refractivity contribution in [2.45, 2.75) is 13.0 Å². The Morgan fingerprint density at radius 2 is 1.88 bits per heavy atom. The molecule has 206 valence electrons. The second-order valence-electron chi connectivity index (χ2n) is 9.92. The molecule has 0 saturated carbocycles. The van der Waals surface area contributed by atoms with E-state index in [0.29, 0.717) is 24.7 Å². The molecule has 0 unspecified atom stereocenters. The number of fused-ring (bicyclic) bond motifs is 1. The fraction of sp³-hybridized carbons (Fsp3) is 0.241. The Morgan fingerprint density at radius 3 is 2.58 bits per heavy atom. The lowest BCUT2D eigenvalue weighted by Crippen LogP contribution is -2.51. The number of aliphatic imine (C=N–C) groups is 1. The Kier molecular flexibility index (Phi) is 7.92. The number of guanidine groups is 2. The maximum Gasteiger partial charge on any atom is 0.354 e. The normalized spacial score (nSPS) is 13.6. The number of H-pyrrole nitrogens is 1. The van der Waals surface area contributed by atoms with Gasteiger partial charge in [-0.1, -0.05) is 48.6 Å². The van der Waals surface area contributed by atoms with Gasteiger partial charge in [0.2, 0.25) is 0 Å². The van der Waals surface area contributed by atoms with Crippen LogP contribution in [-0.2, 0) is 6.54 Å². The minimum atomic E-state index is -0.341. The quantitative estimate of drug-likeness (QED) is 0.101. The zero-order valence-corrected chi connectivity index (χ0v) is 22.2. The zero-order chi connectivity index (χ0) is 28.1. The van der Waals surface area contributed by atoms with E-state index in [4.69, 9.17) is 22.6 Å². The average molecular weight is 539 g/mol. The highest BCUT2D eigenvalue weighted by Gasteiger charge is 2.24. The number of likely N-dealkylation sites (tertiary alicyclic amines) is 1. The van der Waals surface area contributed by atoms with Crippen LogP contribution in [0.25, 0.3) is 34.1 Å². The molecule has 11 heteroatoms. The summed E-state index contributed by atoms with van der Waals surface area (Å²) in [6, 6.07) is 18.1. The van der Waals surface area contributed by atoms with Gasteiger partial charge in [-0.15, -0.1) is 0 Å². The fourth-order valence-corrected chi connectivity index (χ4v) is 4.61. The zero-order valence-electron chi connectivity index (χ0n) is 22.2. The van der Waals surface area contributed by atoms with E-state index >= 15 is 0 Å². The molecule has 0 bridgehead atoms. The van der Waals surface area contributed by atoms with E-state index in [1.54, 1.807) is 4.57 Å². The molecule has 0 atom stereocenters. The van der Waals surface area contributed by atoms with Crippen molar-refractivity contribution in [3.05, 3.63) is 88.5 Å². The number of nitrogens with one attached hydrogen (secondary N) is 3. The third-order valence-corrected chi connectivity index (χ3v) is 6.89. The fourth-order valence-electron chi connectivity index (χ4n) is 4.61. The third kappa shape index (κ3) is 6.38. The average Bonchev–Trinajstić information content (AvgIpc) is 3.32. The molecule has 0 spiro atoms. The van der Waals surface area contributed by atoms with Gasteiger partial charge in [0, 0.05) is 49.4 Å². The largest absolute Gasteiger partial charge is 0.370 e. The summed E-state index contributed by atoms with van der Waals surface area (Å²) >= 11 is 0. The van der Waals surface area contributed by atoms with Crippen molar-refractivity contribution >= 4 is 29.0 Å². The van der Waals surface area contributed by atoms with Gasteiger partial charge in [0.05, 0.1) is 5.69 Å². The molecule has 40 heavy (non-hydrogen) atoms. The molecule has 5 rings (SSSR count). The van der Waals surface area contributed by atoms with Crippen molar-refractivity contribution in [1.82, 2.24) is 24.8 Å². The number of aromatic nitrogens is 3. The molecular weight excluding hydrogens is 504 g/mol. The Hall–Kier alpha value is -4.90. The predicted molar refractivity (Wildman–Crippen MR) is 160 cm³/mol. The monoisotopic (exact) mass is 538 g/mol. The Labute approximate surface area is 231 Å². The van der Waals surface area contributed by atoms with Crippen molar-refractivity contribution in [3.63, 3.8) is 0 Å². The smallest absolute Gasteiger partial charge is 0.354 e.